The van der Waals surface area contributed by atoms with E-state index >= 15 is 4.39 Å². The van der Waals surface area contributed by atoms with Crippen LogP contribution >= 0.6 is 11.6 Å². The summed E-state index contributed by atoms with van der Waals surface area (Å²) in [5.74, 6) is 0.299. The molecular weight excluding hydrogens is 497 g/mol. The van der Waals surface area contributed by atoms with Crippen molar-refractivity contribution in [1.82, 2.24) is 35.0 Å². The van der Waals surface area contributed by atoms with E-state index in [2.05, 4.69) is 25.6 Å². The number of tetrazole rings is 1. The van der Waals surface area contributed by atoms with Crippen LogP contribution in [0.1, 0.15) is 31.0 Å². The number of rotatable bonds is 7. The molecule has 1 unspecified atom stereocenters. The fourth-order valence-electron chi connectivity index (χ4n) is 4.44. The van der Waals surface area contributed by atoms with E-state index in [0.717, 1.165) is 35.1 Å². The molecule has 0 saturated heterocycles. The van der Waals surface area contributed by atoms with Crippen LogP contribution in [0.3, 0.4) is 0 Å². The second-order valence-electron chi connectivity index (χ2n) is 9.05. The minimum absolute atomic E-state index is 0.0683. The Hall–Kier alpha value is -4.38. The normalized spacial score (nSPS) is 14.1. The van der Waals surface area contributed by atoms with E-state index in [9.17, 15) is 5.21 Å². The van der Waals surface area contributed by atoms with Gasteiger partial charge in [0.15, 0.2) is 12.0 Å². The lowest BCUT2D eigenvalue weighted by atomic mass is 10.0. The van der Waals surface area contributed by atoms with Crippen molar-refractivity contribution in [2.24, 2.45) is 5.92 Å². The molecule has 0 amide bonds. The quantitative estimate of drug-likeness (QED) is 0.255. The molecule has 12 heteroatoms. The molecule has 1 aliphatic carbocycles. The number of nitrogen functional groups attached to an aromatic ring is 1. The van der Waals surface area contributed by atoms with E-state index in [1.54, 1.807) is 41.3 Å². The Bertz CT molecular complexity index is 1570. The van der Waals surface area contributed by atoms with Gasteiger partial charge in [0.1, 0.15) is 18.2 Å². The SMILES string of the molecule is Nc1ccc(-c2cnn(C(CC3CC3)c3ccc(-c4c(-n5cnnn5)ccc(Cl)c4F)c[n+]3[O-])c2)cn1. The van der Waals surface area contributed by atoms with E-state index in [1.807, 2.05) is 12.3 Å². The molecule has 186 valence electrons. The maximum atomic E-state index is 15.2. The number of halogens is 2. The lowest BCUT2D eigenvalue weighted by Crippen LogP contribution is -2.35. The molecule has 1 saturated carbocycles. The zero-order valence-electron chi connectivity index (χ0n) is 19.4. The third-order valence-electron chi connectivity index (χ3n) is 6.54. The molecule has 2 N–H and O–H groups in total. The molecular formula is C25H21ClFN9O. The molecule has 37 heavy (non-hydrogen) atoms. The van der Waals surface area contributed by atoms with Crippen LogP contribution < -0.4 is 10.5 Å². The summed E-state index contributed by atoms with van der Waals surface area (Å²) in [6.07, 6.45) is 11.0. The number of nitrogens with two attached hydrogens (primary N) is 1. The van der Waals surface area contributed by atoms with Crippen molar-refractivity contribution in [2.75, 3.05) is 5.73 Å². The summed E-state index contributed by atoms with van der Waals surface area (Å²) in [6, 6.07) is 9.77. The molecule has 0 spiro atoms. The van der Waals surface area contributed by atoms with Crippen molar-refractivity contribution < 1.29 is 9.12 Å². The zero-order chi connectivity index (χ0) is 25.5. The minimum atomic E-state index is -0.661. The highest BCUT2D eigenvalue weighted by atomic mass is 35.5. The van der Waals surface area contributed by atoms with Crippen LogP contribution in [0.4, 0.5) is 10.2 Å². The minimum Gasteiger partial charge on any atom is -0.618 e. The van der Waals surface area contributed by atoms with Crippen LogP contribution in [0, 0.1) is 16.9 Å². The highest BCUT2D eigenvalue weighted by Gasteiger charge is 2.32. The number of benzene rings is 1. The standard InChI is InChI=1S/C25H21ClFN9O/c26-19-5-7-21(35-14-30-32-33-35)24(25(19)27)17-3-6-20(36(37)13-17)22(9-15-1-2-15)34-12-18(11-31-34)16-4-8-23(28)29-10-16/h3-8,10-15,22H,1-2,9H2,(H2,28,29). The summed E-state index contributed by atoms with van der Waals surface area (Å²) in [5.41, 5.74) is 8.81. The second kappa shape index (κ2) is 9.25. The van der Waals surface area contributed by atoms with E-state index < -0.39 is 5.82 Å². The average Bonchev–Trinajstić information content (AvgIpc) is 3.33. The van der Waals surface area contributed by atoms with E-state index in [-0.39, 0.29) is 16.6 Å². The van der Waals surface area contributed by atoms with Crippen molar-refractivity contribution >= 4 is 17.4 Å². The maximum absolute atomic E-state index is 15.2. The number of nitrogens with zero attached hydrogens (tertiary/aromatic N) is 8. The average molecular weight is 518 g/mol. The molecule has 5 aromatic rings. The highest BCUT2D eigenvalue weighted by molar-refractivity contribution is 6.31. The van der Waals surface area contributed by atoms with Gasteiger partial charge in [0.05, 0.1) is 28.0 Å². The van der Waals surface area contributed by atoms with Crippen LogP contribution in [0.2, 0.25) is 5.02 Å². The molecule has 1 atom stereocenters. The molecule has 0 aliphatic heterocycles. The van der Waals surface area contributed by atoms with Crippen molar-refractivity contribution in [2.45, 2.75) is 25.3 Å². The highest BCUT2D eigenvalue weighted by Crippen LogP contribution is 2.39. The molecule has 1 aliphatic rings. The largest absolute Gasteiger partial charge is 0.618 e. The van der Waals surface area contributed by atoms with Crippen LogP contribution in [0.25, 0.3) is 27.9 Å². The lowest BCUT2D eigenvalue weighted by molar-refractivity contribution is -0.615. The van der Waals surface area contributed by atoms with Crippen LogP contribution in [0.5, 0.6) is 0 Å². The molecule has 0 bridgehead atoms. The van der Waals surface area contributed by atoms with Gasteiger partial charge in [-0.05, 0) is 53.1 Å². The predicted octanol–water partition coefficient (Wildman–Crippen LogP) is 3.99. The van der Waals surface area contributed by atoms with Crippen LogP contribution in [0.15, 0.2) is 67.5 Å². The molecule has 6 rings (SSSR count). The molecule has 4 aromatic heterocycles. The number of aromatic nitrogens is 8. The number of anilines is 1. The Balaban J connectivity index is 1.39. The monoisotopic (exact) mass is 517 g/mol. The third-order valence-corrected chi connectivity index (χ3v) is 6.83. The van der Waals surface area contributed by atoms with E-state index in [0.29, 0.717) is 28.7 Å². The fraction of sp³-hybridized carbons (Fsp3) is 0.200. The molecule has 1 aromatic carbocycles. The first kappa shape index (κ1) is 23.0. The molecule has 0 radical (unpaired) electrons. The number of pyridine rings is 2. The Morgan fingerprint density at radius 3 is 2.65 bits per heavy atom. The molecule has 1 fully saturated rings. The van der Waals surface area contributed by atoms with Gasteiger partial charge in [-0.25, -0.2) is 9.37 Å². The number of hydrogen-bond acceptors (Lipinski definition) is 7. The van der Waals surface area contributed by atoms with E-state index in [1.165, 1.54) is 23.3 Å². The summed E-state index contributed by atoms with van der Waals surface area (Å²) in [4.78, 5) is 4.15. The fourth-order valence-corrected chi connectivity index (χ4v) is 4.60. The maximum Gasteiger partial charge on any atom is 0.217 e. The van der Waals surface area contributed by atoms with E-state index in [4.69, 9.17) is 17.3 Å². The summed E-state index contributed by atoms with van der Waals surface area (Å²) in [5, 5.41) is 29.0. The topological polar surface area (TPSA) is 127 Å². The Morgan fingerprint density at radius 1 is 1.11 bits per heavy atom. The first-order chi connectivity index (χ1) is 18.0. The molecule has 10 nitrogen and oxygen atoms in total. The van der Waals surface area contributed by atoms with Crippen molar-refractivity contribution in [1.29, 1.82) is 0 Å². The van der Waals surface area contributed by atoms with Gasteiger partial charge in [-0.3, -0.25) is 4.68 Å². The van der Waals surface area contributed by atoms with Gasteiger partial charge in [0, 0.05) is 29.6 Å². The van der Waals surface area contributed by atoms with Crippen LogP contribution in [-0.4, -0.2) is 35.0 Å². The van der Waals surface area contributed by atoms with Gasteiger partial charge in [-0.15, -0.1) is 5.10 Å². The van der Waals surface area contributed by atoms with Gasteiger partial charge in [0.2, 0.25) is 5.69 Å². The smallest absolute Gasteiger partial charge is 0.217 e. The van der Waals surface area contributed by atoms with Crippen LogP contribution in [-0.2, 0) is 0 Å². The van der Waals surface area contributed by atoms with Crippen molar-refractivity contribution in [3.63, 3.8) is 0 Å². The zero-order valence-corrected chi connectivity index (χ0v) is 20.2. The summed E-state index contributed by atoms with van der Waals surface area (Å²) in [7, 11) is 0. The first-order valence-electron chi connectivity index (χ1n) is 11.7. The van der Waals surface area contributed by atoms with Gasteiger partial charge >= 0.3 is 0 Å². The summed E-state index contributed by atoms with van der Waals surface area (Å²) >= 11 is 6.08. The Labute approximate surface area is 215 Å². The third kappa shape index (κ3) is 4.49. The lowest BCUT2D eigenvalue weighted by Gasteiger charge is -2.18. The van der Waals surface area contributed by atoms with Gasteiger partial charge < -0.3 is 10.9 Å². The number of hydrogen-bond donors (Lipinski definition) is 1. The summed E-state index contributed by atoms with van der Waals surface area (Å²) in [6.45, 7) is 0. The van der Waals surface area contributed by atoms with Crippen molar-refractivity contribution in [3.05, 3.63) is 89.3 Å². The predicted molar refractivity (Wildman–Crippen MR) is 134 cm³/mol. The Morgan fingerprint density at radius 2 is 1.95 bits per heavy atom. The first-order valence-corrected chi connectivity index (χ1v) is 12.1. The molecule has 4 heterocycles. The summed E-state index contributed by atoms with van der Waals surface area (Å²) < 4.78 is 19.1. The van der Waals surface area contributed by atoms with Gasteiger partial charge in [-0.1, -0.05) is 24.4 Å². The van der Waals surface area contributed by atoms with Gasteiger partial charge in [-0.2, -0.15) is 14.5 Å². The van der Waals surface area contributed by atoms with Crippen molar-refractivity contribution in [3.8, 4) is 27.9 Å². The Kier molecular flexibility index (Phi) is 5.76. The second-order valence-corrected chi connectivity index (χ2v) is 9.46. The van der Waals surface area contributed by atoms with Gasteiger partial charge in [0.25, 0.3) is 0 Å².